The van der Waals surface area contributed by atoms with Gasteiger partial charge in [-0.05, 0) is 17.0 Å². The molecular weight excluding hydrogens is 242 g/mol. The number of pyridine rings is 1. The monoisotopic (exact) mass is 255 g/mol. The van der Waals surface area contributed by atoms with Crippen molar-refractivity contribution in [2.24, 2.45) is 0 Å². The number of nitrogens with zero attached hydrogens (tertiary/aromatic N) is 1. The molecule has 0 spiro atoms. The van der Waals surface area contributed by atoms with E-state index in [1.165, 1.54) is 16.3 Å². The third kappa shape index (κ3) is 2.52. The Balaban J connectivity index is 0.00000120. The molecular formula is C16H14ClN. The van der Waals surface area contributed by atoms with Crippen LogP contribution in [-0.4, -0.2) is 4.98 Å². The summed E-state index contributed by atoms with van der Waals surface area (Å²) in [6.45, 7) is 0. The molecule has 0 atom stereocenters. The molecule has 0 bridgehead atoms. The van der Waals surface area contributed by atoms with Crippen LogP contribution in [0.2, 0.25) is 0 Å². The standard InChI is InChI=1S/C16H13N.ClH/c1-2-6-13(7-3-1)12-16-15-9-5-4-8-14(15)10-11-17-16;/h1-11H,12H2;1H. The zero-order valence-electron chi connectivity index (χ0n) is 9.91. The van der Waals surface area contributed by atoms with Crippen molar-refractivity contribution in [1.29, 1.82) is 0 Å². The minimum atomic E-state index is 0. The SMILES string of the molecule is Cl.c1ccc(Cc2nccc3ccccc23)cc1. The van der Waals surface area contributed by atoms with Gasteiger partial charge >= 0.3 is 0 Å². The summed E-state index contributed by atoms with van der Waals surface area (Å²) in [6.07, 6.45) is 2.78. The molecule has 2 aromatic carbocycles. The molecule has 0 aliphatic carbocycles. The van der Waals surface area contributed by atoms with Crippen LogP contribution < -0.4 is 0 Å². The van der Waals surface area contributed by atoms with E-state index in [2.05, 4.69) is 59.6 Å². The summed E-state index contributed by atoms with van der Waals surface area (Å²) in [5, 5.41) is 2.51. The van der Waals surface area contributed by atoms with E-state index in [1.807, 2.05) is 12.3 Å². The number of rotatable bonds is 2. The average molecular weight is 256 g/mol. The molecule has 0 radical (unpaired) electrons. The van der Waals surface area contributed by atoms with Gasteiger partial charge in [0, 0.05) is 18.0 Å². The number of hydrogen-bond donors (Lipinski definition) is 0. The Labute approximate surface area is 113 Å². The van der Waals surface area contributed by atoms with Crippen molar-refractivity contribution in [3.8, 4) is 0 Å². The van der Waals surface area contributed by atoms with Crippen molar-refractivity contribution in [3.63, 3.8) is 0 Å². The van der Waals surface area contributed by atoms with Gasteiger partial charge in [-0.3, -0.25) is 4.98 Å². The fourth-order valence-electron chi connectivity index (χ4n) is 2.11. The van der Waals surface area contributed by atoms with E-state index in [-0.39, 0.29) is 12.4 Å². The highest BCUT2D eigenvalue weighted by molar-refractivity contribution is 5.85. The first-order valence-electron chi connectivity index (χ1n) is 5.80. The quantitative estimate of drug-likeness (QED) is 0.667. The van der Waals surface area contributed by atoms with E-state index in [0.29, 0.717) is 0 Å². The fourth-order valence-corrected chi connectivity index (χ4v) is 2.11. The van der Waals surface area contributed by atoms with Crippen LogP contribution in [0.3, 0.4) is 0 Å². The van der Waals surface area contributed by atoms with Crippen LogP contribution >= 0.6 is 12.4 Å². The van der Waals surface area contributed by atoms with Crippen molar-refractivity contribution in [1.82, 2.24) is 4.98 Å². The Morgan fingerprint density at radius 3 is 2.33 bits per heavy atom. The van der Waals surface area contributed by atoms with Gasteiger partial charge in [-0.25, -0.2) is 0 Å². The van der Waals surface area contributed by atoms with Gasteiger partial charge in [-0.2, -0.15) is 0 Å². The van der Waals surface area contributed by atoms with Gasteiger partial charge in [0.2, 0.25) is 0 Å². The second-order valence-corrected chi connectivity index (χ2v) is 4.14. The summed E-state index contributed by atoms with van der Waals surface area (Å²) in [5.41, 5.74) is 2.45. The molecule has 0 aliphatic heterocycles. The predicted molar refractivity (Wildman–Crippen MR) is 78.2 cm³/mol. The Hall–Kier alpha value is -1.86. The maximum absolute atomic E-state index is 4.50. The smallest absolute Gasteiger partial charge is 0.0525 e. The normalized spacial score (nSPS) is 10.0. The maximum Gasteiger partial charge on any atom is 0.0525 e. The molecule has 3 rings (SSSR count). The second kappa shape index (κ2) is 5.65. The van der Waals surface area contributed by atoms with Crippen LogP contribution in [0.15, 0.2) is 66.9 Å². The van der Waals surface area contributed by atoms with E-state index in [0.717, 1.165) is 12.1 Å². The molecule has 0 N–H and O–H groups in total. The lowest BCUT2D eigenvalue weighted by atomic mass is 10.0. The number of hydrogen-bond acceptors (Lipinski definition) is 1. The van der Waals surface area contributed by atoms with E-state index in [4.69, 9.17) is 0 Å². The van der Waals surface area contributed by atoms with Crippen LogP contribution in [0.25, 0.3) is 10.8 Å². The van der Waals surface area contributed by atoms with Crippen molar-refractivity contribution in [3.05, 3.63) is 78.1 Å². The third-order valence-corrected chi connectivity index (χ3v) is 2.97. The number of benzene rings is 2. The van der Waals surface area contributed by atoms with Gasteiger partial charge in [-0.15, -0.1) is 12.4 Å². The highest BCUT2D eigenvalue weighted by Gasteiger charge is 2.02. The molecule has 0 fully saturated rings. The summed E-state index contributed by atoms with van der Waals surface area (Å²) >= 11 is 0. The zero-order valence-corrected chi connectivity index (χ0v) is 10.7. The lowest BCUT2D eigenvalue weighted by molar-refractivity contribution is 1.10. The van der Waals surface area contributed by atoms with Gasteiger partial charge in [0.25, 0.3) is 0 Å². The van der Waals surface area contributed by atoms with Gasteiger partial charge in [0.15, 0.2) is 0 Å². The minimum absolute atomic E-state index is 0. The van der Waals surface area contributed by atoms with Crippen LogP contribution in [0.4, 0.5) is 0 Å². The molecule has 3 aromatic rings. The van der Waals surface area contributed by atoms with Crippen LogP contribution in [0.1, 0.15) is 11.3 Å². The molecule has 18 heavy (non-hydrogen) atoms. The van der Waals surface area contributed by atoms with Gasteiger partial charge < -0.3 is 0 Å². The molecule has 0 saturated heterocycles. The Morgan fingerprint density at radius 2 is 1.50 bits per heavy atom. The number of halogens is 1. The summed E-state index contributed by atoms with van der Waals surface area (Å²) < 4.78 is 0. The average Bonchev–Trinajstić information content (AvgIpc) is 2.40. The van der Waals surface area contributed by atoms with Crippen molar-refractivity contribution < 1.29 is 0 Å². The lowest BCUT2D eigenvalue weighted by Crippen LogP contribution is -1.93. The minimum Gasteiger partial charge on any atom is -0.260 e. The summed E-state index contributed by atoms with van der Waals surface area (Å²) in [7, 11) is 0. The Bertz CT molecular complexity index is 629. The second-order valence-electron chi connectivity index (χ2n) is 4.14. The summed E-state index contributed by atoms with van der Waals surface area (Å²) in [6, 6.07) is 20.9. The van der Waals surface area contributed by atoms with Crippen molar-refractivity contribution in [2.45, 2.75) is 6.42 Å². The van der Waals surface area contributed by atoms with Crippen molar-refractivity contribution in [2.75, 3.05) is 0 Å². The number of aromatic nitrogens is 1. The van der Waals surface area contributed by atoms with Crippen molar-refractivity contribution >= 4 is 23.2 Å². The molecule has 0 saturated carbocycles. The summed E-state index contributed by atoms with van der Waals surface area (Å²) in [5.74, 6) is 0. The fraction of sp³-hybridized carbons (Fsp3) is 0.0625. The number of fused-ring (bicyclic) bond motifs is 1. The first-order chi connectivity index (χ1) is 8.43. The largest absolute Gasteiger partial charge is 0.260 e. The predicted octanol–water partition coefficient (Wildman–Crippen LogP) is 4.25. The highest BCUT2D eigenvalue weighted by atomic mass is 35.5. The topological polar surface area (TPSA) is 12.9 Å². The van der Waals surface area contributed by atoms with Gasteiger partial charge in [0.05, 0.1) is 5.69 Å². The van der Waals surface area contributed by atoms with Crippen LogP contribution in [0, 0.1) is 0 Å². The lowest BCUT2D eigenvalue weighted by Gasteiger charge is -2.05. The molecule has 1 nitrogen and oxygen atoms in total. The Kier molecular flexibility index (Phi) is 3.96. The zero-order chi connectivity index (χ0) is 11.5. The maximum atomic E-state index is 4.50. The first-order valence-corrected chi connectivity index (χ1v) is 5.80. The van der Waals surface area contributed by atoms with Crippen LogP contribution in [0.5, 0.6) is 0 Å². The molecule has 0 aliphatic rings. The van der Waals surface area contributed by atoms with Gasteiger partial charge in [0.1, 0.15) is 0 Å². The van der Waals surface area contributed by atoms with E-state index in [1.54, 1.807) is 0 Å². The molecule has 2 heteroatoms. The molecule has 0 unspecified atom stereocenters. The summed E-state index contributed by atoms with van der Waals surface area (Å²) in [4.78, 5) is 4.50. The molecule has 1 heterocycles. The van der Waals surface area contributed by atoms with Gasteiger partial charge in [-0.1, -0.05) is 54.6 Å². The molecule has 0 amide bonds. The first kappa shape index (κ1) is 12.6. The van der Waals surface area contributed by atoms with E-state index < -0.39 is 0 Å². The molecule has 1 aromatic heterocycles. The molecule has 90 valence electrons. The van der Waals surface area contributed by atoms with E-state index in [9.17, 15) is 0 Å². The van der Waals surface area contributed by atoms with E-state index >= 15 is 0 Å². The highest BCUT2D eigenvalue weighted by Crippen LogP contribution is 2.18. The van der Waals surface area contributed by atoms with Crippen LogP contribution in [-0.2, 0) is 6.42 Å². The Morgan fingerprint density at radius 1 is 0.778 bits per heavy atom. The third-order valence-electron chi connectivity index (χ3n) is 2.97.